The van der Waals surface area contributed by atoms with Crippen molar-refractivity contribution < 1.29 is 0 Å². The Kier molecular flexibility index (Phi) is 7.57. The smallest absolute Gasteiger partial charge is 0.154 e. The third-order valence-corrected chi connectivity index (χ3v) is 9.17. The topological polar surface area (TPSA) is 52.0 Å². The van der Waals surface area contributed by atoms with E-state index in [1.165, 1.54) is 15.9 Å². The van der Waals surface area contributed by atoms with Crippen molar-refractivity contribution in [3.63, 3.8) is 0 Å². The van der Waals surface area contributed by atoms with Gasteiger partial charge in [0.25, 0.3) is 0 Å². The minimum atomic E-state index is -0.765. The molecule has 4 heteroatoms. The van der Waals surface area contributed by atoms with E-state index in [-0.39, 0.29) is 5.84 Å². The Morgan fingerprint density at radius 1 is 0.525 bits per heavy atom. The Balaban J connectivity index is 1.42. The zero-order valence-corrected chi connectivity index (χ0v) is 22.8. The van der Waals surface area contributed by atoms with Gasteiger partial charge in [-0.3, -0.25) is 5.41 Å². The van der Waals surface area contributed by atoms with Crippen LogP contribution in [-0.2, 0) is 0 Å². The van der Waals surface area contributed by atoms with Gasteiger partial charge in [-0.05, 0) is 52.7 Å². The first-order chi connectivity index (χ1) is 19.8. The molecular formula is C36H28N3P. The van der Waals surface area contributed by atoms with Gasteiger partial charge in [0.05, 0.1) is 0 Å². The van der Waals surface area contributed by atoms with Gasteiger partial charge in [0.2, 0.25) is 0 Å². The van der Waals surface area contributed by atoms with E-state index >= 15 is 0 Å². The first-order valence-electron chi connectivity index (χ1n) is 13.2. The van der Waals surface area contributed by atoms with Crippen molar-refractivity contribution in [1.29, 1.82) is 5.41 Å². The highest BCUT2D eigenvalue weighted by atomic mass is 31.1. The van der Waals surface area contributed by atoms with Crippen LogP contribution in [-0.4, -0.2) is 10.8 Å². The van der Waals surface area contributed by atoms with Gasteiger partial charge in [0, 0.05) is 17.3 Å². The third kappa shape index (κ3) is 5.61. The number of nitrogens with one attached hydrogen (secondary N) is 2. The first kappa shape index (κ1) is 25.4. The number of amidine groups is 1. The fraction of sp³-hybridized carbons (Fsp3) is 0. The van der Waals surface area contributed by atoms with Gasteiger partial charge in [-0.1, -0.05) is 140 Å². The molecule has 5 aromatic carbocycles. The predicted molar refractivity (Wildman–Crippen MR) is 169 cm³/mol. The quantitative estimate of drug-likeness (QED) is 0.131. The Hall–Kier alpha value is -4.85. The molecule has 0 saturated carbocycles. The molecule has 0 fully saturated rings. The van der Waals surface area contributed by atoms with Crippen molar-refractivity contribution in [2.24, 2.45) is 4.99 Å². The van der Waals surface area contributed by atoms with E-state index in [4.69, 9.17) is 10.4 Å². The lowest BCUT2D eigenvalue weighted by atomic mass is 10.0. The third-order valence-electron chi connectivity index (χ3n) is 6.74. The molecule has 0 saturated heterocycles. The van der Waals surface area contributed by atoms with E-state index in [9.17, 15) is 0 Å². The summed E-state index contributed by atoms with van der Waals surface area (Å²) in [4.78, 5) is 8.21. The number of aromatic nitrogens is 1. The van der Waals surface area contributed by atoms with E-state index < -0.39 is 7.92 Å². The van der Waals surface area contributed by atoms with E-state index in [0.29, 0.717) is 5.49 Å². The summed E-state index contributed by atoms with van der Waals surface area (Å²) in [6.45, 7) is 0. The normalized spacial score (nSPS) is 11.5. The zero-order valence-electron chi connectivity index (χ0n) is 21.9. The maximum Gasteiger partial charge on any atom is 0.154 e. The van der Waals surface area contributed by atoms with Gasteiger partial charge in [-0.15, -0.1) is 0 Å². The number of hydrogen-bond acceptors (Lipinski definition) is 1. The van der Waals surface area contributed by atoms with Crippen LogP contribution in [0.4, 0.5) is 0 Å². The molecule has 0 amide bonds. The van der Waals surface area contributed by atoms with E-state index in [2.05, 4.69) is 108 Å². The van der Waals surface area contributed by atoms with Crippen LogP contribution < -0.4 is 21.4 Å². The maximum absolute atomic E-state index is 9.01. The van der Waals surface area contributed by atoms with Crippen LogP contribution in [0.2, 0.25) is 0 Å². The van der Waals surface area contributed by atoms with Crippen LogP contribution in [0.25, 0.3) is 22.3 Å². The molecule has 0 aliphatic heterocycles. The van der Waals surface area contributed by atoms with Crippen molar-refractivity contribution in [2.45, 2.75) is 0 Å². The number of benzene rings is 5. The molecule has 1 aromatic heterocycles. The van der Waals surface area contributed by atoms with Crippen LogP contribution in [0.5, 0.6) is 0 Å². The van der Waals surface area contributed by atoms with Crippen molar-refractivity contribution in [3.05, 3.63) is 169 Å². The van der Waals surface area contributed by atoms with Crippen molar-refractivity contribution in [1.82, 2.24) is 4.98 Å². The molecule has 1 heterocycles. The van der Waals surface area contributed by atoms with Crippen molar-refractivity contribution >= 4 is 29.7 Å². The molecule has 2 N–H and O–H groups in total. The highest BCUT2D eigenvalue weighted by molar-refractivity contribution is 7.79. The lowest BCUT2D eigenvalue weighted by molar-refractivity contribution is 1.16. The van der Waals surface area contributed by atoms with Crippen LogP contribution in [0, 0.1) is 5.41 Å². The fourth-order valence-corrected chi connectivity index (χ4v) is 7.13. The number of aromatic amines is 1. The first-order valence-corrected chi connectivity index (χ1v) is 14.6. The molecule has 0 radical (unpaired) electrons. The highest BCUT2D eigenvalue weighted by Crippen LogP contribution is 2.33. The summed E-state index contributed by atoms with van der Waals surface area (Å²) < 4.78 is 0. The lowest BCUT2D eigenvalue weighted by Gasteiger charge is -2.19. The molecule has 0 aliphatic carbocycles. The van der Waals surface area contributed by atoms with Gasteiger partial charge >= 0.3 is 0 Å². The van der Waals surface area contributed by atoms with E-state index in [0.717, 1.165) is 27.8 Å². The summed E-state index contributed by atoms with van der Waals surface area (Å²) in [5.41, 5.74) is 5.65. The summed E-state index contributed by atoms with van der Waals surface area (Å²) >= 11 is 0. The van der Waals surface area contributed by atoms with Gasteiger partial charge in [-0.25, -0.2) is 4.99 Å². The molecule has 3 nitrogen and oxygen atoms in total. The molecule has 6 aromatic rings. The fourth-order valence-electron chi connectivity index (χ4n) is 4.79. The largest absolute Gasteiger partial charge is 0.345 e. The maximum atomic E-state index is 9.01. The summed E-state index contributed by atoms with van der Waals surface area (Å²) in [5, 5.41) is 12.8. The number of rotatable bonds is 6. The van der Waals surface area contributed by atoms with Gasteiger partial charge in [0.1, 0.15) is 5.49 Å². The zero-order chi connectivity index (χ0) is 27.1. The van der Waals surface area contributed by atoms with Gasteiger partial charge < -0.3 is 4.98 Å². The predicted octanol–water partition coefficient (Wildman–Crippen LogP) is 7.03. The average molecular weight is 534 g/mol. The molecule has 0 unspecified atom stereocenters. The molecule has 6 rings (SSSR count). The molecule has 0 bridgehead atoms. The molecule has 0 aliphatic rings. The van der Waals surface area contributed by atoms with Crippen LogP contribution >= 0.6 is 7.92 Å². The average Bonchev–Trinajstić information content (AvgIpc) is 3.03. The van der Waals surface area contributed by atoms with E-state index in [1.54, 1.807) is 0 Å². The Labute approximate surface area is 235 Å². The Morgan fingerprint density at radius 2 is 1.05 bits per heavy atom. The number of hydrogen-bond donors (Lipinski definition) is 2. The van der Waals surface area contributed by atoms with Gasteiger partial charge in [-0.2, -0.15) is 0 Å². The van der Waals surface area contributed by atoms with Crippen LogP contribution in [0.3, 0.4) is 0 Å². The summed E-state index contributed by atoms with van der Waals surface area (Å²) in [5.74, 6) is 0.221. The minimum absolute atomic E-state index is 0.221. The second-order valence-corrected chi connectivity index (χ2v) is 11.6. The summed E-state index contributed by atoms with van der Waals surface area (Å²) in [6.07, 6.45) is 1.97. The Morgan fingerprint density at radius 3 is 1.65 bits per heavy atom. The Bertz CT molecular complexity index is 1760. The SMILES string of the molecule is N=C(N=c1[nH]cc(-c2ccccc2)cc1-c1ccccc1)c1cccc(P(c2ccccc2)c2ccccc2)c1. The summed E-state index contributed by atoms with van der Waals surface area (Å²) in [6, 6.07) is 52.2. The molecular weight excluding hydrogens is 505 g/mol. The van der Waals surface area contributed by atoms with E-state index in [1.807, 2.05) is 54.7 Å². The molecule has 192 valence electrons. The number of nitrogens with zero attached hydrogens (tertiary/aromatic N) is 1. The molecule has 40 heavy (non-hydrogen) atoms. The van der Waals surface area contributed by atoms with Gasteiger partial charge in [0.15, 0.2) is 5.84 Å². The van der Waals surface area contributed by atoms with Crippen LogP contribution in [0.1, 0.15) is 5.56 Å². The number of pyridine rings is 1. The minimum Gasteiger partial charge on any atom is -0.345 e. The highest BCUT2D eigenvalue weighted by Gasteiger charge is 2.17. The van der Waals surface area contributed by atoms with Crippen molar-refractivity contribution in [3.8, 4) is 22.3 Å². The second kappa shape index (κ2) is 11.9. The molecule has 0 atom stereocenters. The summed E-state index contributed by atoms with van der Waals surface area (Å²) in [7, 11) is -0.765. The lowest BCUT2D eigenvalue weighted by Crippen LogP contribution is -2.21. The monoisotopic (exact) mass is 533 g/mol. The number of H-pyrrole nitrogens is 1. The van der Waals surface area contributed by atoms with Crippen molar-refractivity contribution in [2.75, 3.05) is 0 Å². The standard InChI is InChI=1S/C36H28N3P/c37-35(29-18-13-23-33(24-29)40(31-19-9-3-10-20-31)32-21-11-4-12-22-32)39-36-34(28-16-7-2-8-17-28)25-30(26-38-36)27-14-5-1-6-15-27/h1-26H,(H2,37,38,39). The van der Waals surface area contributed by atoms with Crippen LogP contribution in [0.15, 0.2) is 163 Å². The molecule has 0 spiro atoms. The second-order valence-electron chi connectivity index (χ2n) is 9.40.